The molecule has 1 aromatic carbocycles. The first-order chi connectivity index (χ1) is 19.0. The Balaban J connectivity index is 1.12. The summed E-state index contributed by atoms with van der Waals surface area (Å²) >= 11 is 0. The van der Waals surface area contributed by atoms with Crippen molar-refractivity contribution in [3.05, 3.63) is 68.8 Å². The van der Waals surface area contributed by atoms with Crippen molar-refractivity contribution in [1.29, 1.82) is 0 Å². The number of benzene rings is 1. The molecule has 1 N–H and O–H groups in total. The molecule has 4 aliphatic rings. The standard InChI is InChI=1S/C31H37NO8/c1-29-14-11-23(40-28(34)39-22-7-5-21(6-8-22)32(36)37)17-20(29)4-9-26-25(29)12-15-30(2)24(13-16-31(26,30)35)19-3-10-27(33)38-18-19/h3,5-8,10,18,20,23-26,35H,4,9,11-17H2,1-2H3/t20?,23-,24+,25-,26+,29-,30+,31-/m0/s1. The van der Waals surface area contributed by atoms with Gasteiger partial charge in [0.05, 0.1) is 16.8 Å². The largest absolute Gasteiger partial charge is 0.514 e. The summed E-state index contributed by atoms with van der Waals surface area (Å²) in [5.41, 5.74) is -0.367. The van der Waals surface area contributed by atoms with E-state index in [2.05, 4.69) is 13.8 Å². The number of nitro benzene ring substituents is 1. The molecule has 9 nitrogen and oxygen atoms in total. The van der Waals surface area contributed by atoms with Gasteiger partial charge in [-0.1, -0.05) is 13.8 Å². The molecule has 4 saturated carbocycles. The molecule has 2 aromatic rings. The number of hydrogen-bond donors (Lipinski definition) is 1. The van der Waals surface area contributed by atoms with Gasteiger partial charge in [0.25, 0.3) is 5.69 Å². The molecule has 1 aromatic heterocycles. The lowest BCUT2D eigenvalue weighted by Crippen LogP contribution is -2.62. The molecule has 0 aliphatic heterocycles. The summed E-state index contributed by atoms with van der Waals surface area (Å²) in [6.07, 6.45) is 8.57. The smallest absolute Gasteiger partial charge is 0.431 e. The van der Waals surface area contributed by atoms with Crippen LogP contribution in [0.15, 0.2) is 51.9 Å². The highest BCUT2D eigenvalue weighted by molar-refractivity contribution is 5.64. The minimum Gasteiger partial charge on any atom is -0.431 e. The molecule has 1 unspecified atom stereocenters. The van der Waals surface area contributed by atoms with E-state index in [0.29, 0.717) is 11.8 Å². The zero-order valence-electron chi connectivity index (χ0n) is 23.0. The molecule has 0 amide bonds. The molecule has 9 heteroatoms. The predicted octanol–water partition coefficient (Wildman–Crippen LogP) is 6.37. The Bertz CT molecular complexity index is 1340. The second-order valence-electron chi connectivity index (χ2n) is 13.0. The molecule has 0 spiro atoms. The lowest BCUT2D eigenvalue weighted by atomic mass is 9.43. The maximum absolute atomic E-state index is 12.5. The van der Waals surface area contributed by atoms with E-state index in [9.17, 15) is 24.8 Å². The van der Waals surface area contributed by atoms with Crippen LogP contribution in [-0.2, 0) is 4.74 Å². The van der Waals surface area contributed by atoms with Gasteiger partial charge in [-0.3, -0.25) is 10.1 Å². The van der Waals surface area contributed by atoms with Gasteiger partial charge >= 0.3 is 11.8 Å². The number of carbonyl (C=O) groups is 1. The molecule has 8 atom stereocenters. The Morgan fingerprint density at radius 1 is 1.00 bits per heavy atom. The lowest BCUT2D eigenvalue weighted by Gasteiger charge is -2.63. The lowest BCUT2D eigenvalue weighted by molar-refractivity contribution is -0.384. The zero-order valence-corrected chi connectivity index (χ0v) is 23.0. The molecule has 40 heavy (non-hydrogen) atoms. The van der Waals surface area contributed by atoms with Gasteiger partial charge in [0, 0.05) is 23.6 Å². The summed E-state index contributed by atoms with van der Waals surface area (Å²) in [6, 6.07) is 8.71. The monoisotopic (exact) mass is 551 g/mol. The van der Waals surface area contributed by atoms with Crippen LogP contribution in [0.3, 0.4) is 0 Å². The van der Waals surface area contributed by atoms with Crippen LogP contribution in [0.1, 0.15) is 83.1 Å². The van der Waals surface area contributed by atoms with Gasteiger partial charge in [-0.15, -0.1) is 0 Å². The van der Waals surface area contributed by atoms with E-state index in [1.165, 1.54) is 30.3 Å². The summed E-state index contributed by atoms with van der Waals surface area (Å²) in [5, 5.41) is 23.2. The number of nitro groups is 1. The number of non-ortho nitro benzene ring substituents is 1. The van der Waals surface area contributed by atoms with Crippen LogP contribution in [0.2, 0.25) is 0 Å². The Hall–Kier alpha value is -3.20. The minimum atomic E-state index is -0.785. The van der Waals surface area contributed by atoms with Crippen molar-refractivity contribution >= 4 is 11.8 Å². The van der Waals surface area contributed by atoms with Gasteiger partial charge in [-0.25, -0.2) is 9.59 Å². The van der Waals surface area contributed by atoms with Crippen LogP contribution in [0.5, 0.6) is 5.75 Å². The summed E-state index contributed by atoms with van der Waals surface area (Å²) in [6.45, 7) is 4.62. The van der Waals surface area contributed by atoms with Gasteiger partial charge in [-0.05, 0) is 111 Å². The molecule has 4 fully saturated rings. The third-order valence-electron chi connectivity index (χ3n) is 11.4. The Morgan fingerprint density at radius 3 is 2.48 bits per heavy atom. The van der Waals surface area contributed by atoms with Crippen LogP contribution in [0, 0.1) is 38.7 Å². The molecule has 0 bridgehead atoms. The van der Waals surface area contributed by atoms with E-state index in [-0.39, 0.29) is 45.8 Å². The topological polar surface area (TPSA) is 129 Å². The van der Waals surface area contributed by atoms with Crippen molar-refractivity contribution in [2.75, 3.05) is 0 Å². The van der Waals surface area contributed by atoms with E-state index in [1.807, 2.05) is 6.07 Å². The first-order valence-electron chi connectivity index (χ1n) is 14.5. The fourth-order valence-electron chi connectivity index (χ4n) is 9.29. The van der Waals surface area contributed by atoms with Gasteiger partial charge in [-0.2, -0.15) is 0 Å². The second kappa shape index (κ2) is 9.72. The number of ether oxygens (including phenoxy) is 2. The highest BCUT2D eigenvalue weighted by Gasteiger charge is 2.67. The number of carbonyl (C=O) groups excluding carboxylic acids is 1. The number of rotatable bonds is 4. The Labute approximate surface area is 233 Å². The fourth-order valence-corrected chi connectivity index (χ4v) is 9.29. The van der Waals surface area contributed by atoms with Crippen molar-refractivity contribution in [2.24, 2.45) is 28.6 Å². The number of fused-ring (bicyclic) bond motifs is 5. The van der Waals surface area contributed by atoms with Crippen molar-refractivity contribution in [2.45, 2.75) is 89.3 Å². The van der Waals surface area contributed by atoms with Gasteiger partial charge in [0.1, 0.15) is 11.9 Å². The average Bonchev–Trinajstić information content (AvgIpc) is 3.20. The molecule has 4 aliphatic carbocycles. The maximum Gasteiger partial charge on any atom is 0.514 e. The average molecular weight is 552 g/mol. The van der Waals surface area contributed by atoms with E-state index in [1.54, 1.807) is 6.26 Å². The molecular formula is C31H37NO8. The highest BCUT2D eigenvalue weighted by atomic mass is 16.7. The first kappa shape index (κ1) is 27.0. The third kappa shape index (κ3) is 4.24. The molecule has 0 radical (unpaired) electrons. The van der Waals surface area contributed by atoms with Crippen molar-refractivity contribution in [3.63, 3.8) is 0 Å². The SMILES string of the molecule is C[C@]12CC[C@H](OC(=O)Oc3ccc([N+](=O)[O-])cc3)CC1CC[C@@H]1[C@@H]2CC[C@]2(C)[C@@H](c3ccc(=O)oc3)CC[C@]12O. The Morgan fingerprint density at radius 2 is 1.77 bits per heavy atom. The van der Waals surface area contributed by atoms with E-state index >= 15 is 0 Å². The summed E-state index contributed by atoms with van der Waals surface area (Å²) < 4.78 is 16.2. The zero-order chi connectivity index (χ0) is 28.3. The summed E-state index contributed by atoms with van der Waals surface area (Å²) in [4.78, 5) is 34.4. The summed E-state index contributed by atoms with van der Waals surface area (Å²) in [7, 11) is 0. The number of nitrogens with zero attached hydrogens (tertiary/aromatic N) is 1. The van der Waals surface area contributed by atoms with Crippen molar-refractivity contribution in [3.8, 4) is 5.75 Å². The van der Waals surface area contributed by atoms with E-state index in [4.69, 9.17) is 13.9 Å². The van der Waals surface area contributed by atoms with Crippen LogP contribution < -0.4 is 10.4 Å². The molecule has 214 valence electrons. The van der Waals surface area contributed by atoms with E-state index < -0.39 is 16.7 Å². The number of aliphatic hydroxyl groups is 1. The predicted molar refractivity (Wildman–Crippen MR) is 145 cm³/mol. The second-order valence-corrected chi connectivity index (χ2v) is 13.0. The van der Waals surface area contributed by atoms with Crippen molar-refractivity contribution in [1.82, 2.24) is 0 Å². The molecule has 6 rings (SSSR count). The van der Waals surface area contributed by atoms with Crippen LogP contribution >= 0.6 is 0 Å². The minimum absolute atomic E-state index is 0.0692. The third-order valence-corrected chi connectivity index (χ3v) is 11.4. The Kier molecular flexibility index (Phi) is 6.56. The van der Waals surface area contributed by atoms with Crippen LogP contribution in [0.25, 0.3) is 0 Å². The quantitative estimate of drug-likeness (QED) is 0.201. The molecule has 0 saturated heterocycles. The summed E-state index contributed by atoms with van der Waals surface area (Å²) in [5.74, 6) is 1.40. The van der Waals surface area contributed by atoms with E-state index in [0.717, 1.165) is 63.4 Å². The highest BCUT2D eigenvalue weighted by Crippen LogP contribution is 2.70. The van der Waals surface area contributed by atoms with Crippen LogP contribution in [0.4, 0.5) is 10.5 Å². The molecular weight excluding hydrogens is 514 g/mol. The van der Waals surface area contributed by atoms with Gasteiger partial charge in [0.2, 0.25) is 0 Å². The first-order valence-corrected chi connectivity index (χ1v) is 14.5. The van der Waals surface area contributed by atoms with Crippen molar-refractivity contribution < 1.29 is 28.7 Å². The fraction of sp³-hybridized carbons (Fsp3) is 0.613. The molecule has 1 heterocycles. The van der Waals surface area contributed by atoms with Crippen LogP contribution in [-0.4, -0.2) is 27.9 Å². The van der Waals surface area contributed by atoms with Gasteiger partial charge in [0.15, 0.2) is 0 Å². The normalized spacial score (nSPS) is 38.4. The maximum atomic E-state index is 12.5. The van der Waals surface area contributed by atoms with Gasteiger partial charge < -0.3 is 19.0 Å². The number of hydrogen-bond acceptors (Lipinski definition) is 8.